The van der Waals surface area contributed by atoms with Gasteiger partial charge in [-0.3, -0.25) is 14.0 Å². The topological polar surface area (TPSA) is 84.0 Å². The van der Waals surface area contributed by atoms with Crippen LogP contribution in [0.3, 0.4) is 0 Å². The van der Waals surface area contributed by atoms with Gasteiger partial charge in [0, 0.05) is 48.9 Å². The van der Waals surface area contributed by atoms with Crippen LogP contribution in [0.1, 0.15) is 56.7 Å². The number of allylic oxidation sites excluding steroid dienone is 2. The number of nitrogens with one attached hydrogen (secondary N) is 1. The average Bonchev–Trinajstić information content (AvgIpc) is 3.52. The van der Waals surface area contributed by atoms with Crippen LogP contribution in [0.5, 0.6) is 0 Å². The Bertz CT molecular complexity index is 1360. The molecule has 4 rings (SSSR count). The molecule has 0 aliphatic heterocycles. The van der Waals surface area contributed by atoms with E-state index >= 15 is 0 Å². The smallest absolute Gasteiger partial charge is 0.233 e. The van der Waals surface area contributed by atoms with Gasteiger partial charge >= 0.3 is 0 Å². The largest absolute Gasteiger partial charge is 0.362 e. The van der Waals surface area contributed by atoms with Gasteiger partial charge in [-0.25, -0.2) is 14.8 Å². The van der Waals surface area contributed by atoms with Gasteiger partial charge in [-0.1, -0.05) is 40.2 Å². The van der Waals surface area contributed by atoms with E-state index in [1.807, 2.05) is 82.6 Å². The Morgan fingerprint density at radius 2 is 1.80 bits per heavy atom. The van der Waals surface area contributed by atoms with Crippen molar-refractivity contribution in [2.45, 2.75) is 60.3 Å². The second kappa shape index (κ2) is 16.5. The van der Waals surface area contributed by atoms with Crippen LogP contribution in [-0.4, -0.2) is 51.5 Å². The molecule has 0 unspecified atom stereocenters. The van der Waals surface area contributed by atoms with E-state index in [9.17, 15) is 9.59 Å². The van der Waals surface area contributed by atoms with E-state index in [-0.39, 0.29) is 23.4 Å². The number of hydrogen-bond donors (Lipinski definition) is 1. The van der Waals surface area contributed by atoms with Crippen molar-refractivity contribution in [3.63, 3.8) is 0 Å². The molecule has 1 aliphatic rings. The highest BCUT2D eigenvalue weighted by atomic mass is 32.1. The van der Waals surface area contributed by atoms with E-state index < -0.39 is 0 Å². The van der Waals surface area contributed by atoms with Crippen LogP contribution in [0.15, 0.2) is 49.1 Å². The minimum Gasteiger partial charge on any atom is -0.362 e. The molecule has 0 fully saturated rings. The van der Waals surface area contributed by atoms with E-state index in [0.29, 0.717) is 0 Å². The molecule has 0 aromatic carbocycles. The molecular formula is C31H42N6O2S. The monoisotopic (exact) mass is 562 g/mol. The first-order valence-corrected chi connectivity index (χ1v) is 14.5. The van der Waals surface area contributed by atoms with Crippen molar-refractivity contribution in [1.82, 2.24) is 19.3 Å². The number of carbonyl (C=O) groups excluding carboxylic acids is 2. The van der Waals surface area contributed by atoms with Crippen molar-refractivity contribution < 1.29 is 9.59 Å². The van der Waals surface area contributed by atoms with Crippen molar-refractivity contribution in [3.05, 3.63) is 76.6 Å². The normalized spacial score (nSPS) is 12.7. The van der Waals surface area contributed by atoms with Crippen LogP contribution in [0.25, 0.3) is 10.6 Å². The highest BCUT2D eigenvalue weighted by molar-refractivity contribution is 7.17. The third kappa shape index (κ3) is 10.5. The van der Waals surface area contributed by atoms with Crippen LogP contribution in [0, 0.1) is 25.3 Å². The Balaban J connectivity index is 0.000000227. The molecule has 1 aliphatic carbocycles. The van der Waals surface area contributed by atoms with Crippen molar-refractivity contribution in [3.8, 4) is 0 Å². The van der Waals surface area contributed by atoms with E-state index in [4.69, 9.17) is 6.57 Å². The predicted octanol–water partition coefficient (Wildman–Crippen LogP) is 6.70. The van der Waals surface area contributed by atoms with Crippen molar-refractivity contribution in [2.75, 3.05) is 26.0 Å². The summed E-state index contributed by atoms with van der Waals surface area (Å²) in [6, 6.07) is 1.95. The Morgan fingerprint density at radius 3 is 2.45 bits per heavy atom. The van der Waals surface area contributed by atoms with Crippen molar-refractivity contribution in [2.24, 2.45) is 11.8 Å². The lowest BCUT2D eigenvalue weighted by molar-refractivity contribution is -0.118. The first kappa shape index (κ1) is 32.6. The maximum Gasteiger partial charge on any atom is 0.233 e. The van der Waals surface area contributed by atoms with Gasteiger partial charge in [0.1, 0.15) is 0 Å². The first-order valence-electron chi connectivity index (χ1n) is 13.6. The van der Waals surface area contributed by atoms with Gasteiger partial charge in [0.05, 0.1) is 11.6 Å². The molecule has 0 atom stereocenters. The van der Waals surface area contributed by atoms with Gasteiger partial charge in [-0.15, -0.1) is 11.3 Å². The second-order valence-corrected chi connectivity index (χ2v) is 11.6. The lowest BCUT2D eigenvalue weighted by Gasteiger charge is -2.09. The molecular weight excluding hydrogens is 520 g/mol. The molecule has 0 amide bonds. The lowest BCUT2D eigenvalue weighted by Crippen LogP contribution is -2.11. The summed E-state index contributed by atoms with van der Waals surface area (Å²) in [7, 11) is 3.95. The summed E-state index contributed by atoms with van der Waals surface area (Å²) in [5.74, 6) is 1.19. The van der Waals surface area contributed by atoms with Gasteiger partial charge in [-0.05, 0) is 68.9 Å². The number of fused-ring (bicyclic) bond motifs is 2. The summed E-state index contributed by atoms with van der Waals surface area (Å²) in [4.78, 5) is 37.7. The lowest BCUT2D eigenvalue weighted by atomic mass is 9.98. The molecule has 40 heavy (non-hydrogen) atoms. The Hall–Kier alpha value is -3.61. The Morgan fingerprint density at radius 1 is 1.12 bits per heavy atom. The predicted molar refractivity (Wildman–Crippen MR) is 165 cm³/mol. The first-order chi connectivity index (χ1) is 19.0. The summed E-state index contributed by atoms with van der Waals surface area (Å²) in [6.45, 7) is 17.7. The Labute approximate surface area is 242 Å². The van der Waals surface area contributed by atoms with Gasteiger partial charge in [0.15, 0.2) is 11.6 Å². The van der Waals surface area contributed by atoms with Gasteiger partial charge in [-0.2, -0.15) is 0 Å². The van der Waals surface area contributed by atoms with Crippen LogP contribution in [0.4, 0.5) is 10.7 Å². The van der Waals surface area contributed by atoms with Crippen LogP contribution in [0.2, 0.25) is 0 Å². The number of hydrogen-bond acceptors (Lipinski definition) is 7. The highest BCUT2D eigenvalue weighted by Crippen LogP contribution is 2.43. The molecule has 0 saturated carbocycles. The molecule has 1 N–H and O–H groups in total. The average molecular weight is 563 g/mol. The number of anilines is 1. The zero-order chi connectivity index (χ0) is 29.7. The molecule has 0 saturated heterocycles. The number of imidazole rings is 1. The molecule has 3 aromatic rings. The number of aromatic nitrogens is 3. The van der Waals surface area contributed by atoms with Gasteiger partial charge in [0.25, 0.3) is 0 Å². The minimum atomic E-state index is 0.00919. The van der Waals surface area contributed by atoms with E-state index in [2.05, 4.69) is 20.1 Å². The summed E-state index contributed by atoms with van der Waals surface area (Å²) in [6.07, 6.45) is 16.8. The summed E-state index contributed by atoms with van der Waals surface area (Å²) in [5.41, 5.74) is 2.97. The summed E-state index contributed by atoms with van der Waals surface area (Å²) >= 11 is 1.66. The zero-order valence-electron chi connectivity index (χ0n) is 24.8. The molecule has 8 nitrogen and oxygen atoms in total. The molecule has 0 spiro atoms. The number of aryl methyl sites for hydroxylation is 2. The number of ketones is 2. The number of rotatable bonds is 8. The quantitative estimate of drug-likeness (QED) is 0.243. The molecule has 9 heteroatoms. The van der Waals surface area contributed by atoms with Gasteiger partial charge in [0.2, 0.25) is 11.5 Å². The van der Waals surface area contributed by atoms with Crippen LogP contribution in [-0.2, 0) is 22.4 Å². The third-order valence-electron chi connectivity index (χ3n) is 6.01. The molecule has 214 valence electrons. The SMILES string of the molecule is CC(C)C(=O)/C=C/CN(C)C.Cc1ccn2ccnc2n1.[C-]#[N+]c1c(N/C=C/C(=O)C(C)C)sc2c1CCCC2. The molecule has 3 heterocycles. The highest BCUT2D eigenvalue weighted by Gasteiger charge is 2.20. The third-order valence-corrected chi connectivity index (χ3v) is 7.22. The van der Waals surface area contributed by atoms with Crippen LogP contribution < -0.4 is 5.32 Å². The number of nitrogens with zero attached hydrogens (tertiary/aromatic N) is 5. The minimum absolute atomic E-state index is 0.00919. The fourth-order valence-corrected chi connectivity index (χ4v) is 4.83. The number of carbonyl (C=O) groups is 2. The molecule has 3 aromatic heterocycles. The molecule has 0 bridgehead atoms. The number of thiophene rings is 1. The molecule has 0 radical (unpaired) electrons. The van der Waals surface area contributed by atoms with E-state index in [1.54, 1.807) is 35.9 Å². The van der Waals surface area contributed by atoms with Crippen molar-refractivity contribution >= 4 is 39.4 Å². The maximum absolute atomic E-state index is 11.5. The van der Waals surface area contributed by atoms with Crippen LogP contribution >= 0.6 is 11.3 Å². The summed E-state index contributed by atoms with van der Waals surface area (Å²) < 4.78 is 1.88. The van der Waals surface area contributed by atoms with Gasteiger partial charge < -0.3 is 10.2 Å². The fourth-order valence-electron chi connectivity index (χ4n) is 3.62. The van der Waals surface area contributed by atoms with E-state index in [0.717, 1.165) is 41.5 Å². The zero-order valence-corrected chi connectivity index (χ0v) is 25.6. The van der Waals surface area contributed by atoms with Crippen molar-refractivity contribution in [1.29, 1.82) is 0 Å². The summed E-state index contributed by atoms with van der Waals surface area (Å²) in [5, 5.41) is 3.99. The fraction of sp³-hybridized carbons (Fsp3) is 0.452. The second-order valence-electron chi connectivity index (χ2n) is 10.5. The standard InChI is InChI=1S/C15H18N2OS.C9H17NO.C7H7N3/c1-10(2)12(18)8-9-17-15-14(16-3)11-6-4-5-7-13(11)19-15;1-8(2)9(11)6-5-7-10(3)4;1-6-2-4-10-5-3-8-7(10)9-6/h8-10,17H,4-7H2,1-2H3;5-6,8H,7H2,1-4H3;2-5H,1H3/b9-8+;6-5+;. The Kier molecular flexibility index (Phi) is 13.4. The number of likely N-dealkylation sites (N-methyl/N-ethyl adjacent to an activating group) is 1. The van der Waals surface area contributed by atoms with E-state index in [1.165, 1.54) is 23.3 Å². The maximum atomic E-state index is 11.5.